The maximum Gasteiger partial charge on any atom is 0.324 e. The zero-order valence-corrected chi connectivity index (χ0v) is 12.3. The topological polar surface area (TPSA) is 49.8 Å². The minimum Gasteiger partial charge on any atom is -0.497 e. The van der Waals surface area contributed by atoms with Crippen LogP contribution in [0.25, 0.3) is 0 Å². The van der Waals surface area contributed by atoms with Crippen LogP contribution in [0.4, 0.5) is 0 Å². The number of carboxylic acid groups (broad SMARTS) is 1. The highest BCUT2D eigenvalue weighted by Crippen LogP contribution is 2.32. The van der Waals surface area contributed by atoms with Crippen molar-refractivity contribution in [2.45, 2.75) is 38.1 Å². The molecule has 0 saturated carbocycles. The Balaban J connectivity index is 2.00. The number of benzene rings is 1. The molecular weight excluding hydrogens is 254 g/mol. The smallest absolute Gasteiger partial charge is 0.324 e. The Morgan fingerprint density at radius 1 is 1.40 bits per heavy atom. The second kappa shape index (κ2) is 6.27. The highest BCUT2D eigenvalue weighted by atomic mass is 16.5. The van der Waals surface area contributed by atoms with Crippen molar-refractivity contribution in [3.8, 4) is 5.75 Å². The predicted molar refractivity (Wildman–Crippen MR) is 78.2 cm³/mol. The summed E-state index contributed by atoms with van der Waals surface area (Å²) in [5.74, 6) is 0.176. The lowest BCUT2D eigenvalue weighted by atomic mass is 9.92. The fourth-order valence-electron chi connectivity index (χ4n) is 3.11. The van der Waals surface area contributed by atoms with Gasteiger partial charge < -0.3 is 9.84 Å². The zero-order valence-electron chi connectivity index (χ0n) is 12.3. The Bertz CT molecular complexity index is 457. The van der Waals surface area contributed by atoms with E-state index < -0.39 is 11.5 Å². The lowest BCUT2D eigenvalue weighted by Gasteiger charge is -2.33. The molecule has 1 atom stereocenters. The molecule has 110 valence electrons. The third-order valence-electron chi connectivity index (χ3n) is 4.44. The average molecular weight is 277 g/mol. The van der Waals surface area contributed by atoms with Crippen molar-refractivity contribution in [2.24, 2.45) is 0 Å². The summed E-state index contributed by atoms with van der Waals surface area (Å²) in [5, 5.41) is 9.54. The Hall–Kier alpha value is -1.55. The molecule has 0 bridgehead atoms. The molecule has 1 aromatic carbocycles. The van der Waals surface area contributed by atoms with E-state index >= 15 is 0 Å². The molecular formula is C16H23NO3. The first-order chi connectivity index (χ1) is 9.62. The van der Waals surface area contributed by atoms with Crippen LogP contribution < -0.4 is 4.74 Å². The molecule has 20 heavy (non-hydrogen) atoms. The monoisotopic (exact) mass is 277 g/mol. The molecule has 1 N–H and O–H groups in total. The van der Waals surface area contributed by atoms with Gasteiger partial charge in [0.2, 0.25) is 0 Å². The standard InChI is InChI=1S/C16H23NO3/c1-3-16(15(18)19)10-4-11-17(16)12-9-13-5-7-14(20-2)8-6-13/h5-8H,3-4,9-12H2,1-2H3,(H,18,19). The number of nitrogens with zero attached hydrogens (tertiary/aromatic N) is 1. The summed E-state index contributed by atoms with van der Waals surface area (Å²) in [6.45, 7) is 3.66. The fourth-order valence-corrected chi connectivity index (χ4v) is 3.11. The van der Waals surface area contributed by atoms with Gasteiger partial charge in [0, 0.05) is 6.54 Å². The first-order valence-electron chi connectivity index (χ1n) is 7.24. The van der Waals surface area contributed by atoms with E-state index in [1.165, 1.54) is 5.56 Å². The van der Waals surface area contributed by atoms with Crippen LogP contribution in [-0.2, 0) is 11.2 Å². The number of carbonyl (C=O) groups is 1. The van der Waals surface area contributed by atoms with E-state index in [0.717, 1.165) is 38.1 Å². The fraction of sp³-hybridized carbons (Fsp3) is 0.562. The van der Waals surface area contributed by atoms with Gasteiger partial charge in [-0.2, -0.15) is 0 Å². The van der Waals surface area contributed by atoms with Crippen LogP contribution in [0, 0.1) is 0 Å². The Morgan fingerprint density at radius 2 is 2.10 bits per heavy atom. The van der Waals surface area contributed by atoms with Crippen LogP contribution in [0.2, 0.25) is 0 Å². The maximum absolute atomic E-state index is 11.6. The number of hydrogen-bond acceptors (Lipinski definition) is 3. The first kappa shape index (κ1) is 14.9. The summed E-state index contributed by atoms with van der Waals surface area (Å²) in [4.78, 5) is 13.7. The largest absolute Gasteiger partial charge is 0.497 e. The summed E-state index contributed by atoms with van der Waals surface area (Å²) < 4.78 is 5.14. The van der Waals surface area contributed by atoms with Gasteiger partial charge in [-0.05, 0) is 49.9 Å². The molecule has 0 aliphatic carbocycles. The molecule has 4 heteroatoms. The molecule has 1 aliphatic rings. The normalized spacial score (nSPS) is 22.9. The summed E-state index contributed by atoms with van der Waals surface area (Å²) in [6.07, 6.45) is 3.29. The molecule has 4 nitrogen and oxygen atoms in total. The molecule has 1 aromatic rings. The van der Waals surface area contributed by atoms with Gasteiger partial charge in [-0.3, -0.25) is 9.69 Å². The van der Waals surface area contributed by atoms with E-state index in [9.17, 15) is 9.90 Å². The van der Waals surface area contributed by atoms with E-state index in [1.807, 2.05) is 31.2 Å². The number of hydrogen-bond donors (Lipinski definition) is 1. The second-order valence-electron chi connectivity index (χ2n) is 5.38. The number of methoxy groups -OCH3 is 1. The first-order valence-corrected chi connectivity index (χ1v) is 7.24. The summed E-state index contributed by atoms with van der Waals surface area (Å²) in [7, 11) is 1.65. The summed E-state index contributed by atoms with van der Waals surface area (Å²) in [6, 6.07) is 7.99. The minimum atomic E-state index is -0.674. The van der Waals surface area contributed by atoms with Gasteiger partial charge in [-0.25, -0.2) is 0 Å². The molecule has 1 fully saturated rings. The van der Waals surface area contributed by atoms with E-state index in [2.05, 4.69) is 4.90 Å². The number of aliphatic carboxylic acids is 1. The van der Waals surface area contributed by atoms with Crippen LogP contribution >= 0.6 is 0 Å². The average Bonchev–Trinajstić information content (AvgIpc) is 2.90. The Labute approximate surface area is 120 Å². The number of rotatable bonds is 6. The maximum atomic E-state index is 11.6. The summed E-state index contributed by atoms with van der Waals surface area (Å²) in [5.41, 5.74) is 0.569. The Kier molecular flexibility index (Phi) is 4.65. The number of carboxylic acids is 1. The summed E-state index contributed by atoms with van der Waals surface area (Å²) >= 11 is 0. The minimum absolute atomic E-state index is 0.646. The number of ether oxygens (including phenoxy) is 1. The molecule has 0 radical (unpaired) electrons. The predicted octanol–water partition coefficient (Wildman–Crippen LogP) is 2.57. The van der Waals surface area contributed by atoms with Gasteiger partial charge in [0.15, 0.2) is 0 Å². The third kappa shape index (κ3) is 2.80. The molecule has 0 aromatic heterocycles. The van der Waals surface area contributed by atoms with Gasteiger partial charge in [0.05, 0.1) is 7.11 Å². The highest BCUT2D eigenvalue weighted by Gasteiger charge is 2.45. The SMILES string of the molecule is CCC1(C(=O)O)CCCN1CCc1ccc(OC)cc1. The molecule has 0 amide bonds. The van der Waals surface area contributed by atoms with Crippen LogP contribution in [-0.4, -0.2) is 41.7 Å². The van der Waals surface area contributed by atoms with E-state index in [-0.39, 0.29) is 0 Å². The van der Waals surface area contributed by atoms with Crippen molar-refractivity contribution in [2.75, 3.05) is 20.2 Å². The lowest BCUT2D eigenvalue weighted by Crippen LogP contribution is -2.50. The Morgan fingerprint density at radius 3 is 2.65 bits per heavy atom. The quantitative estimate of drug-likeness (QED) is 0.868. The van der Waals surface area contributed by atoms with Gasteiger partial charge in [-0.1, -0.05) is 19.1 Å². The van der Waals surface area contributed by atoms with Gasteiger partial charge in [0.1, 0.15) is 11.3 Å². The van der Waals surface area contributed by atoms with E-state index in [1.54, 1.807) is 7.11 Å². The van der Waals surface area contributed by atoms with Crippen molar-refractivity contribution in [3.05, 3.63) is 29.8 Å². The van der Waals surface area contributed by atoms with Crippen LogP contribution in [0.5, 0.6) is 5.75 Å². The molecule has 2 rings (SSSR count). The molecule has 1 unspecified atom stereocenters. The lowest BCUT2D eigenvalue weighted by molar-refractivity contribution is -0.150. The molecule has 1 aliphatic heterocycles. The third-order valence-corrected chi connectivity index (χ3v) is 4.44. The van der Waals surface area contributed by atoms with Crippen molar-refractivity contribution in [3.63, 3.8) is 0 Å². The van der Waals surface area contributed by atoms with Crippen molar-refractivity contribution < 1.29 is 14.6 Å². The van der Waals surface area contributed by atoms with Crippen LogP contribution in [0.3, 0.4) is 0 Å². The van der Waals surface area contributed by atoms with E-state index in [0.29, 0.717) is 6.42 Å². The van der Waals surface area contributed by atoms with Crippen molar-refractivity contribution in [1.29, 1.82) is 0 Å². The molecule has 1 heterocycles. The van der Waals surface area contributed by atoms with E-state index in [4.69, 9.17) is 4.74 Å². The molecule has 1 saturated heterocycles. The number of likely N-dealkylation sites (tertiary alicyclic amines) is 1. The van der Waals surface area contributed by atoms with Crippen LogP contribution in [0.15, 0.2) is 24.3 Å². The van der Waals surface area contributed by atoms with Crippen molar-refractivity contribution in [1.82, 2.24) is 4.90 Å². The van der Waals surface area contributed by atoms with Gasteiger partial charge in [0.25, 0.3) is 0 Å². The van der Waals surface area contributed by atoms with Gasteiger partial charge >= 0.3 is 5.97 Å². The van der Waals surface area contributed by atoms with Crippen molar-refractivity contribution >= 4 is 5.97 Å². The highest BCUT2D eigenvalue weighted by molar-refractivity contribution is 5.79. The second-order valence-corrected chi connectivity index (χ2v) is 5.38. The van der Waals surface area contributed by atoms with Gasteiger partial charge in [-0.15, -0.1) is 0 Å². The molecule has 0 spiro atoms. The van der Waals surface area contributed by atoms with Crippen LogP contribution in [0.1, 0.15) is 31.7 Å². The zero-order chi connectivity index (χ0) is 14.6.